The normalized spacial score (nSPS) is 14.3. The Bertz CT molecular complexity index is 3100. The molecule has 6 heterocycles. The Morgan fingerprint density at radius 3 is 1.65 bits per heavy atom. The van der Waals surface area contributed by atoms with Crippen LogP contribution in [-0.4, -0.2) is 22.6 Å². The van der Waals surface area contributed by atoms with Crippen LogP contribution in [0.2, 0.25) is 0 Å². The molecule has 0 spiro atoms. The van der Waals surface area contributed by atoms with Gasteiger partial charge in [0.05, 0.1) is 22.1 Å². The van der Waals surface area contributed by atoms with Crippen molar-refractivity contribution in [3.63, 3.8) is 0 Å². The molecule has 4 aliphatic heterocycles. The number of hydrogen-bond donors (Lipinski definition) is 0. The van der Waals surface area contributed by atoms with E-state index in [0.29, 0.717) is 11.8 Å². The van der Waals surface area contributed by atoms with Crippen molar-refractivity contribution in [3.8, 4) is 22.9 Å². The van der Waals surface area contributed by atoms with E-state index in [1.807, 2.05) is 11.8 Å². The van der Waals surface area contributed by atoms with Gasteiger partial charge in [0.15, 0.2) is 0 Å². The Hall–Kier alpha value is -5.58. The van der Waals surface area contributed by atoms with Crippen LogP contribution in [0.5, 0.6) is 11.5 Å². The molecule has 13 rings (SSSR count). The van der Waals surface area contributed by atoms with Gasteiger partial charge in [-0.1, -0.05) is 138 Å². The largest absolute Gasteiger partial charge is 0.458 e. The molecule has 2 aromatic heterocycles. The molecule has 3 nitrogen and oxygen atoms in total. The van der Waals surface area contributed by atoms with Crippen molar-refractivity contribution in [2.75, 3.05) is 0 Å². The van der Waals surface area contributed by atoms with E-state index >= 15 is 0 Å². The van der Waals surface area contributed by atoms with Gasteiger partial charge in [-0.2, -0.15) is 0 Å². The number of aromatic nitrogens is 2. The number of para-hydroxylation sites is 4. The average molecular weight is 751 g/mol. The minimum atomic E-state index is 0.0447. The summed E-state index contributed by atoms with van der Waals surface area (Å²) in [6.07, 6.45) is 0. The third-order valence-electron chi connectivity index (χ3n) is 13.7. The number of ether oxygens (including phenoxy) is 1. The summed E-state index contributed by atoms with van der Waals surface area (Å²) in [5, 5.41) is 5.46. The molecule has 0 saturated heterocycles. The summed E-state index contributed by atoms with van der Waals surface area (Å²) in [7, 11) is 0. The van der Waals surface area contributed by atoms with Gasteiger partial charge in [0, 0.05) is 48.3 Å². The van der Waals surface area contributed by atoms with Crippen molar-refractivity contribution in [1.29, 1.82) is 0 Å². The van der Waals surface area contributed by atoms with Crippen LogP contribution >= 0.6 is 11.8 Å². The molecule has 0 N–H and O–H groups in total. The third kappa shape index (κ3) is 3.89. The van der Waals surface area contributed by atoms with E-state index in [1.54, 1.807) is 0 Å². The molecule has 9 aromatic rings. The van der Waals surface area contributed by atoms with Crippen LogP contribution in [0.1, 0.15) is 76.0 Å². The van der Waals surface area contributed by atoms with Crippen molar-refractivity contribution in [2.45, 2.75) is 69.1 Å². The maximum atomic E-state index is 7.48. The first kappa shape index (κ1) is 32.5. The number of fused-ring (bicyclic) bond motifs is 16. The second kappa shape index (κ2) is 11.1. The minimum absolute atomic E-state index is 0.0447. The van der Waals surface area contributed by atoms with E-state index in [4.69, 9.17) is 4.74 Å². The second-order valence-corrected chi connectivity index (χ2v) is 18.7. The first-order chi connectivity index (χ1) is 27.8. The van der Waals surface area contributed by atoms with Gasteiger partial charge in [-0.3, -0.25) is 0 Å². The summed E-state index contributed by atoms with van der Waals surface area (Å²) >= 11 is 1.99. The highest BCUT2D eigenvalue weighted by molar-refractivity contribution is 8.00. The van der Waals surface area contributed by atoms with Crippen molar-refractivity contribution in [3.05, 3.63) is 132 Å². The monoisotopic (exact) mass is 750 g/mol. The molecule has 57 heavy (non-hydrogen) atoms. The van der Waals surface area contributed by atoms with E-state index in [-0.39, 0.29) is 19.3 Å². The van der Waals surface area contributed by atoms with Crippen molar-refractivity contribution in [2.24, 2.45) is 0 Å². The topological polar surface area (TPSA) is 19.1 Å². The molecule has 0 radical (unpaired) electrons. The van der Waals surface area contributed by atoms with Gasteiger partial charge in [-0.25, -0.2) is 0 Å². The van der Waals surface area contributed by atoms with Gasteiger partial charge >= 0.3 is 0 Å². The summed E-state index contributed by atoms with van der Waals surface area (Å²) in [6, 6.07) is 44.0. The number of rotatable bonds is 3. The molecule has 6 heteroatoms. The van der Waals surface area contributed by atoms with Crippen LogP contribution in [0.25, 0.3) is 55.0 Å². The lowest BCUT2D eigenvalue weighted by atomic mass is 9.31. The molecule has 0 aliphatic carbocycles. The summed E-state index contributed by atoms with van der Waals surface area (Å²) in [4.78, 5) is 2.76. The van der Waals surface area contributed by atoms with Crippen LogP contribution in [0, 0.1) is 0 Å². The zero-order valence-electron chi connectivity index (χ0n) is 33.1. The fourth-order valence-electron chi connectivity index (χ4n) is 11.5. The molecular formula is C51H40B2N2OS. The second-order valence-electron chi connectivity index (χ2n) is 17.7. The molecule has 0 fully saturated rings. The molecule has 0 atom stereocenters. The smallest absolute Gasteiger partial charge is 0.256 e. The Morgan fingerprint density at radius 1 is 0.526 bits per heavy atom. The van der Waals surface area contributed by atoms with Gasteiger partial charge in [0.2, 0.25) is 6.71 Å². The molecule has 0 bridgehead atoms. The highest BCUT2D eigenvalue weighted by atomic mass is 32.2. The van der Waals surface area contributed by atoms with Gasteiger partial charge < -0.3 is 13.9 Å². The van der Waals surface area contributed by atoms with E-state index in [0.717, 1.165) is 11.5 Å². The summed E-state index contributed by atoms with van der Waals surface area (Å²) in [5.41, 5.74) is 20.2. The maximum absolute atomic E-state index is 7.48. The minimum Gasteiger partial charge on any atom is -0.458 e. The Labute approximate surface area is 337 Å². The summed E-state index contributed by atoms with van der Waals surface area (Å²) < 4.78 is 12.6. The lowest BCUT2D eigenvalue weighted by Gasteiger charge is -2.39. The van der Waals surface area contributed by atoms with Gasteiger partial charge in [0.25, 0.3) is 6.71 Å². The first-order valence-electron chi connectivity index (χ1n) is 20.8. The standard InChI is InChI=1S/C51H40B2N2OS/c1-26(2)31-23-41-46-48-44(31)29-15-7-11-19-37(29)54(48)39-21-13-9-17-33(39)52(46)35-25-36-51(43(28(5)6)50(35)56-41)57-42-24-32(27(3)4)45-30-16-8-12-20-38(30)55-40-22-14-10-18-34(40)53(36)47(42)49(45)55/h7-28H,1-6H3. The van der Waals surface area contributed by atoms with Crippen LogP contribution in [0.4, 0.5) is 0 Å². The highest BCUT2D eigenvalue weighted by Crippen LogP contribution is 2.49. The highest BCUT2D eigenvalue weighted by Gasteiger charge is 2.47. The van der Waals surface area contributed by atoms with Crippen LogP contribution in [0.3, 0.4) is 0 Å². The lowest BCUT2D eigenvalue weighted by Crippen LogP contribution is -2.63. The lowest BCUT2D eigenvalue weighted by molar-refractivity contribution is 0.475. The Kier molecular flexibility index (Phi) is 6.32. The van der Waals surface area contributed by atoms with Gasteiger partial charge in [-0.15, -0.1) is 0 Å². The maximum Gasteiger partial charge on any atom is 0.256 e. The quantitative estimate of drug-likeness (QED) is 0.168. The fourth-order valence-corrected chi connectivity index (χ4v) is 12.9. The Morgan fingerprint density at radius 2 is 1.05 bits per heavy atom. The molecule has 0 amide bonds. The zero-order valence-corrected chi connectivity index (χ0v) is 33.9. The van der Waals surface area contributed by atoms with E-state index in [2.05, 4.69) is 166 Å². The van der Waals surface area contributed by atoms with Gasteiger partial charge in [0.1, 0.15) is 11.5 Å². The first-order valence-corrected chi connectivity index (χ1v) is 21.6. The molecule has 7 aromatic carbocycles. The predicted octanol–water partition coefficient (Wildman–Crippen LogP) is 9.48. The van der Waals surface area contributed by atoms with Gasteiger partial charge in [-0.05, 0) is 92.6 Å². The van der Waals surface area contributed by atoms with Crippen LogP contribution < -0.4 is 37.5 Å². The van der Waals surface area contributed by atoms with Crippen molar-refractivity contribution < 1.29 is 4.74 Å². The number of benzene rings is 7. The molecular weight excluding hydrogens is 710 g/mol. The van der Waals surface area contributed by atoms with E-state index in [9.17, 15) is 0 Å². The van der Waals surface area contributed by atoms with E-state index < -0.39 is 0 Å². The zero-order chi connectivity index (χ0) is 38.2. The van der Waals surface area contributed by atoms with Crippen molar-refractivity contribution in [1.82, 2.24) is 9.13 Å². The third-order valence-corrected chi connectivity index (χ3v) is 14.9. The fraction of sp³-hybridized carbons (Fsp3) is 0.176. The molecule has 0 saturated carbocycles. The molecule has 4 aliphatic rings. The molecule has 272 valence electrons. The Balaban J connectivity index is 1.17. The summed E-state index contributed by atoms with van der Waals surface area (Å²) in [5.74, 6) is 3.05. The van der Waals surface area contributed by atoms with E-state index in [1.165, 1.54) is 114 Å². The number of hydrogen-bond acceptors (Lipinski definition) is 2. The average Bonchev–Trinajstić information content (AvgIpc) is 3.75. The molecule has 0 unspecified atom stereocenters. The van der Waals surface area contributed by atoms with Crippen LogP contribution in [-0.2, 0) is 0 Å². The predicted molar refractivity (Wildman–Crippen MR) is 244 cm³/mol. The summed E-state index contributed by atoms with van der Waals surface area (Å²) in [6.45, 7) is 14.3. The SMILES string of the molecule is CC(C)c1c2c(cc3c1Sc1cc(C(C)C)c4c5ccccc5n5c4c1B3c1ccccc1-5)B1c3ccccc3-n3c4ccccc4c4c(C(C)C)cc(c1c43)O2. The number of nitrogens with zero attached hydrogens (tertiary/aromatic N) is 2. The van der Waals surface area contributed by atoms with Crippen LogP contribution in [0.15, 0.2) is 125 Å². The van der Waals surface area contributed by atoms with Crippen molar-refractivity contribution >= 4 is 102 Å².